The fourth-order valence-corrected chi connectivity index (χ4v) is 3.25. The Hall–Kier alpha value is -3.59. The molecule has 3 nitrogen and oxygen atoms in total. The van der Waals surface area contributed by atoms with Crippen molar-refractivity contribution in [3.05, 3.63) is 103 Å². The number of allylic oxidation sites excluding steroid dienone is 6. The van der Waals surface area contributed by atoms with Crippen LogP contribution in [-0.2, 0) is 6.54 Å². The maximum atomic E-state index is 10.4. The molecular weight excluding hydrogens is 344 g/mol. The van der Waals surface area contributed by atoms with Crippen LogP contribution in [0.3, 0.4) is 0 Å². The van der Waals surface area contributed by atoms with E-state index in [0.717, 1.165) is 38.9 Å². The largest absolute Gasteiger partial charge is 0.494 e. The summed E-state index contributed by atoms with van der Waals surface area (Å²) in [5, 5.41) is 11.4. The molecule has 0 spiro atoms. The second kappa shape index (κ2) is 8.87. The zero-order valence-corrected chi connectivity index (χ0v) is 16.0. The number of aromatic nitrogens is 1. The van der Waals surface area contributed by atoms with Gasteiger partial charge >= 0.3 is 0 Å². The summed E-state index contributed by atoms with van der Waals surface area (Å²) in [5.41, 5.74) is 6.05. The molecule has 0 saturated heterocycles. The van der Waals surface area contributed by atoms with E-state index in [1.165, 1.54) is 0 Å². The van der Waals surface area contributed by atoms with Gasteiger partial charge in [0.05, 0.1) is 12.3 Å². The molecule has 1 aliphatic carbocycles. The van der Waals surface area contributed by atoms with Gasteiger partial charge in [0.15, 0.2) is 5.88 Å². The zero-order chi connectivity index (χ0) is 19.9. The lowest BCUT2D eigenvalue weighted by Crippen LogP contribution is -2.00. The fraction of sp³-hybridized carbons (Fsp3) is 0.0800. The molecule has 0 unspecified atom stereocenters. The van der Waals surface area contributed by atoms with Gasteiger partial charge in [-0.25, -0.2) is 0 Å². The van der Waals surface area contributed by atoms with E-state index < -0.39 is 0 Å². The molecule has 0 bridgehead atoms. The lowest BCUT2D eigenvalue weighted by Gasteiger charge is -2.06. The lowest BCUT2D eigenvalue weighted by atomic mass is 10.0. The molecule has 2 N–H and O–H groups in total. The predicted molar refractivity (Wildman–Crippen MR) is 120 cm³/mol. The van der Waals surface area contributed by atoms with Crippen molar-refractivity contribution >= 4 is 16.6 Å². The molecular formula is C25H24N2O. The monoisotopic (exact) mass is 368 g/mol. The fourth-order valence-electron chi connectivity index (χ4n) is 3.25. The summed E-state index contributed by atoms with van der Waals surface area (Å²) in [6, 6.07) is 16.4. The molecule has 28 heavy (non-hydrogen) atoms. The van der Waals surface area contributed by atoms with E-state index in [9.17, 15) is 5.11 Å². The molecule has 0 fully saturated rings. The molecule has 3 heteroatoms. The van der Waals surface area contributed by atoms with Crippen LogP contribution in [0.25, 0.3) is 22.0 Å². The average Bonchev–Trinajstić information content (AvgIpc) is 3.08. The highest BCUT2D eigenvalue weighted by Crippen LogP contribution is 2.31. The number of H-pyrrole nitrogens is 1. The van der Waals surface area contributed by atoms with E-state index in [0.29, 0.717) is 6.54 Å². The Morgan fingerprint density at radius 2 is 1.75 bits per heavy atom. The summed E-state index contributed by atoms with van der Waals surface area (Å²) in [7, 11) is 0. The highest BCUT2D eigenvalue weighted by atomic mass is 16.3. The van der Waals surface area contributed by atoms with Crippen LogP contribution in [0, 0.1) is 0 Å². The molecule has 0 amide bonds. The normalized spacial score (nSPS) is 15.8. The van der Waals surface area contributed by atoms with Gasteiger partial charge in [-0.05, 0) is 35.8 Å². The quantitative estimate of drug-likeness (QED) is 0.520. The van der Waals surface area contributed by atoms with E-state index in [1.54, 1.807) is 0 Å². The third kappa shape index (κ3) is 3.89. The summed E-state index contributed by atoms with van der Waals surface area (Å²) in [5.74, 6) is 0.187. The maximum Gasteiger partial charge on any atom is 0.194 e. The van der Waals surface area contributed by atoms with Crippen LogP contribution in [0.4, 0.5) is 0 Å². The Bertz CT molecular complexity index is 1080. The van der Waals surface area contributed by atoms with Crippen molar-refractivity contribution in [2.75, 3.05) is 0 Å². The second-order valence-electron chi connectivity index (χ2n) is 6.24. The van der Waals surface area contributed by atoms with Gasteiger partial charge in [0.1, 0.15) is 0 Å². The van der Waals surface area contributed by atoms with Crippen molar-refractivity contribution in [3.63, 3.8) is 0 Å². The van der Waals surface area contributed by atoms with Crippen LogP contribution in [0.15, 0.2) is 103 Å². The summed E-state index contributed by atoms with van der Waals surface area (Å²) < 4.78 is 0. The Labute approximate surface area is 165 Å². The summed E-state index contributed by atoms with van der Waals surface area (Å²) in [6.45, 7) is 8.43. The van der Waals surface area contributed by atoms with Crippen molar-refractivity contribution in [1.82, 2.24) is 4.98 Å². The minimum absolute atomic E-state index is 0.187. The zero-order valence-electron chi connectivity index (χ0n) is 16.0. The Balaban J connectivity index is 0.00000109. The third-order valence-corrected chi connectivity index (χ3v) is 4.65. The van der Waals surface area contributed by atoms with Crippen LogP contribution in [0.5, 0.6) is 5.88 Å². The van der Waals surface area contributed by atoms with E-state index in [-0.39, 0.29) is 5.88 Å². The van der Waals surface area contributed by atoms with Gasteiger partial charge in [-0.1, -0.05) is 66.8 Å². The number of aromatic hydroxyl groups is 1. The first-order valence-corrected chi connectivity index (χ1v) is 9.21. The van der Waals surface area contributed by atoms with Gasteiger partial charge in [0.2, 0.25) is 0 Å². The average molecular weight is 368 g/mol. The minimum Gasteiger partial charge on any atom is -0.494 e. The maximum absolute atomic E-state index is 10.4. The molecule has 0 saturated carbocycles. The van der Waals surface area contributed by atoms with Crippen molar-refractivity contribution in [2.45, 2.75) is 13.5 Å². The summed E-state index contributed by atoms with van der Waals surface area (Å²) >= 11 is 0. The Morgan fingerprint density at radius 3 is 2.50 bits per heavy atom. The number of benzene rings is 2. The number of hydrogen-bond acceptors (Lipinski definition) is 2. The number of aromatic amines is 1. The number of hydrogen-bond donors (Lipinski definition) is 2. The van der Waals surface area contributed by atoms with E-state index in [4.69, 9.17) is 4.99 Å². The van der Waals surface area contributed by atoms with Crippen molar-refractivity contribution in [1.29, 1.82) is 0 Å². The van der Waals surface area contributed by atoms with E-state index in [1.807, 2.05) is 55.5 Å². The SMILES string of the molecule is C/C=C1/C=CC=CC1=NCc1c(O)[nH]c2cc(-c3ccccc3)ccc12.C=C. The predicted octanol–water partition coefficient (Wildman–Crippen LogP) is 6.36. The van der Waals surface area contributed by atoms with Crippen LogP contribution in [0.2, 0.25) is 0 Å². The van der Waals surface area contributed by atoms with Gasteiger partial charge in [-0.15, -0.1) is 13.2 Å². The van der Waals surface area contributed by atoms with Gasteiger partial charge in [-0.3, -0.25) is 4.99 Å². The summed E-state index contributed by atoms with van der Waals surface area (Å²) in [6.07, 6.45) is 10.1. The number of nitrogens with zero attached hydrogens (tertiary/aromatic N) is 1. The number of fused-ring (bicyclic) bond motifs is 1. The molecule has 0 aliphatic heterocycles. The molecule has 1 aromatic heterocycles. The molecule has 1 heterocycles. The first kappa shape index (κ1) is 19.2. The molecule has 2 aromatic carbocycles. The molecule has 0 radical (unpaired) electrons. The lowest BCUT2D eigenvalue weighted by molar-refractivity contribution is 0.452. The Morgan fingerprint density at radius 1 is 1.00 bits per heavy atom. The van der Waals surface area contributed by atoms with Crippen LogP contribution < -0.4 is 0 Å². The minimum atomic E-state index is 0.187. The van der Waals surface area contributed by atoms with Crippen LogP contribution in [-0.4, -0.2) is 15.8 Å². The van der Waals surface area contributed by atoms with Gasteiger partial charge in [-0.2, -0.15) is 0 Å². The van der Waals surface area contributed by atoms with Crippen LogP contribution in [0.1, 0.15) is 12.5 Å². The van der Waals surface area contributed by atoms with E-state index >= 15 is 0 Å². The van der Waals surface area contributed by atoms with Gasteiger partial charge in [0.25, 0.3) is 0 Å². The topological polar surface area (TPSA) is 48.4 Å². The number of aliphatic imine (C=N–C) groups is 1. The van der Waals surface area contributed by atoms with Gasteiger partial charge < -0.3 is 10.1 Å². The smallest absolute Gasteiger partial charge is 0.194 e. The standard InChI is InChI=1S/C23H20N2O.C2H4/c1-2-16-8-6-7-11-21(16)24-15-20-19-13-12-18(14-22(19)25-23(20)26)17-9-4-3-5-10-17;1-2/h2-14,25-26H,15H2,1H3;1-2H2/b16-2-,24-21?;. The molecule has 140 valence electrons. The first-order valence-electron chi connectivity index (χ1n) is 9.21. The first-order chi connectivity index (χ1) is 13.8. The van der Waals surface area contributed by atoms with Crippen molar-refractivity contribution in [2.24, 2.45) is 4.99 Å². The highest BCUT2D eigenvalue weighted by molar-refractivity contribution is 6.11. The van der Waals surface area contributed by atoms with Crippen LogP contribution >= 0.6 is 0 Å². The molecule has 0 atom stereocenters. The Kier molecular flexibility index (Phi) is 6.07. The second-order valence-corrected chi connectivity index (χ2v) is 6.24. The van der Waals surface area contributed by atoms with Crippen molar-refractivity contribution in [3.8, 4) is 17.0 Å². The number of nitrogens with one attached hydrogen (secondary N) is 1. The third-order valence-electron chi connectivity index (χ3n) is 4.65. The molecule has 3 aromatic rings. The van der Waals surface area contributed by atoms with Crippen molar-refractivity contribution < 1.29 is 5.11 Å². The summed E-state index contributed by atoms with van der Waals surface area (Å²) in [4.78, 5) is 7.79. The number of rotatable bonds is 3. The molecule has 4 rings (SSSR count). The highest BCUT2D eigenvalue weighted by Gasteiger charge is 2.12. The van der Waals surface area contributed by atoms with Gasteiger partial charge in [0, 0.05) is 16.5 Å². The van der Waals surface area contributed by atoms with E-state index in [2.05, 4.69) is 48.5 Å². The molecule has 1 aliphatic rings.